The van der Waals surface area contributed by atoms with Crippen molar-refractivity contribution in [3.63, 3.8) is 0 Å². The number of hydrogen-bond acceptors (Lipinski definition) is 3. The van der Waals surface area contributed by atoms with Gasteiger partial charge in [0.2, 0.25) is 0 Å². The van der Waals surface area contributed by atoms with Gasteiger partial charge in [-0.2, -0.15) is 0 Å². The van der Waals surface area contributed by atoms with Crippen LogP contribution in [0.15, 0.2) is 188 Å². The monoisotopic (exact) mass is 655 g/mol. The van der Waals surface area contributed by atoms with Gasteiger partial charge in [-0.3, -0.25) is 0 Å². The number of rotatable bonds is 8. The molecule has 0 amide bonds. The SMILES string of the molecule is CC(C)(c1ccc(-c2cccc(-c3ccccc3)c2)cc1)c1ccc(-c2nc(-c3ccccc3)nc(-c3ccc(-c4ccccc4)cc3)n2)cc1. The Labute approximate surface area is 300 Å². The number of hydrogen-bond donors (Lipinski definition) is 0. The van der Waals surface area contributed by atoms with Crippen LogP contribution in [0.5, 0.6) is 0 Å². The molecule has 8 aromatic rings. The quantitative estimate of drug-likeness (QED) is 0.163. The first-order chi connectivity index (χ1) is 25.0. The van der Waals surface area contributed by atoms with Gasteiger partial charge in [0.25, 0.3) is 0 Å². The molecular formula is C48H37N3. The van der Waals surface area contributed by atoms with Gasteiger partial charge in [0.15, 0.2) is 17.5 Å². The molecule has 244 valence electrons. The van der Waals surface area contributed by atoms with Gasteiger partial charge < -0.3 is 0 Å². The third-order valence-corrected chi connectivity index (χ3v) is 9.69. The van der Waals surface area contributed by atoms with E-state index in [2.05, 4.69) is 166 Å². The van der Waals surface area contributed by atoms with Gasteiger partial charge >= 0.3 is 0 Å². The summed E-state index contributed by atoms with van der Waals surface area (Å²) in [6.07, 6.45) is 0. The smallest absolute Gasteiger partial charge is 0.164 e. The molecule has 0 N–H and O–H groups in total. The fourth-order valence-corrected chi connectivity index (χ4v) is 6.58. The molecule has 1 heterocycles. The zero-order chi connectivity index (χ0) is 34.6. The summed E-state index contributed by atoms with van der Waals surface area (Å²) in [6, 6.07) is 65.9. The first-order valence-electron chi connectivity index (χ1n) is 17.4. The van der Waals surface area contributed by atoms with Crippen molar-refractivity contribution in [1.82, 2.24) is 15.0 Å². The van der Waals surface area contributed by atoms with Gasteiger partial charge in [0, 0.05) is 22.1 Å². The van der Waals surface area contributed by atoms with Crippen molar-refractivity contribution >= 4 is 0 Å². The lowest BCUT2D eigenvalue weighted by Crippen LogP contribution is -2.18. The lowest BCUT2D eigenvalue weighted by Gasteiger charge is -2.26. The van der Waals surface area contributed by atoms with E-state index in [0.29, 0.717) is 17.5 Å². The number of nitrogens with zero attached hydrogens (tertiary/aromatic N) is 3. The Balaban J connectivity index is 1.08. The third-order valence-electron chi connectivity index (χ3n) is 9.69. The van der Waals surface area contributed by atoms with Crippen LogP contribution >= 0.6 is 0 Å². The molecule has 51 heavy (non-hydrogen) atoms. The molecule has 0 aliphatic heterocycles. The Morgan fingerprint density at radius 2 is 0.549 bits per heavy atom. The van der Waals surface area contributed by atoms with E-state index in [4.69, 9.17) is 15.0 Å². The second kappa shape index (κ2) is 13.8. The molecule has 0 spiro atoms. The molecule has 0 radical (unpaired) electrons. The largest absolute Gasteiger partial charge is 0.208 e. The lowest BCUT2D eigenvalue weighted by atomic mass is 9.77. The van der Waals surface area contributed by atoms with E-state index in [1.165, 1.54) is 38.9 Å². The highest BCUT2D eigenvalue weighted by molar-refractivity contribution is 5.74. The highest BCUT2D eigenvalue weighted by Crippen LogP contribution is 2.35. The minimum absolute atomic E-state index is 0.205. The van der Waals surface area contributed by atoms with E-state index in [9.17, 15) is 0 Å². The number of aromatic nitrogens is 3. The van der Waals surface area contributed by atoms with Crippen LogP contribution in [0.1, 0.15) is 25.0 Å². The molecule has 3 nitrogen and oxygen atoms in total. The van der Waals surface area contributed by atoms with Crippen molar-refractivity contribution in [1.29, 1.82) is 0 Å². The highest BCUT2D eigenvalue weighted by Gasteiger charge is 2.23. The number of benzene rings is 7. The van der Waals surface area contributed by atoms with Crippen LogP contribution in [0.3, 0.4) is 0 Å². The normalized spacial score (nSPS) is 11.3. The van der Waals surface area contributed by atoms with Gasteiger partial charge in [-0.1, -0.05) is 196 Å². The van der Waals surface area contributed by atoms with Crippen molar-refractivity contribution in [2.24, 2.45) is 0 Å². The summed E-state index contributed by atoms with van der Waals surface area (Å²) in [7, 11) is 0. The van der Waals surface area contributed by atoms with Crippen LogP contribution in [0.4, 0.5) is 0 Å². The molecule has 8 rings (SSSR count). The Morgan fingerprint density at radius 1 is 0.275 bits per heavy atom. The fourth-order valence-electron chi connectivity index (χ4n) is 6.58. The second-order valence-electron chi connectivity index (χ2n) is 13.3. The molecular weight excluding hydrogens is 619 g/mol. The maximum Gasteiger partial charge on any atom is 0.164 e. The van der Waals surface area contributed by atoms with E-state index in [-0.39, 0.29) is 5.41 Å². The van der Waals surface area contributed by atoms with E-state index in [1.807, 2.05) is 36.4 Å². The maximum absolute atomic E-state index is 4.99. The summed E-state index contributed by atoms with van der Waals surface area (Å²) in [5.41, 5.74) is 12.3. The standard InChI is InChI=1S/C48H37N3/c1-48(2,43-29-25-37(26-30-43)42-20-12-19-41(33-42)35-15-8-4-9-16-35)44-31-27-40(28-32-44)47-50-45(38-17-10-5-11-18-38)49-46(51-47)39-23-21-36(22-24-39)34-13-6-3-7-14-34/h3-33H,1-2H3. The zero-order valence-electron chi connectivity index (χ0n) is 28.7. The molecule has 0 unspecified atom stereocenters. The molecule has 0 saturated heterocycles. The van der Waals surface area contributed by atoms with Crippen LogP contribution in [-0.4, -0.2) is 15.0 Å². The Kier molecular flexibility index (Phi) is 8.61. The van der Waals surface area contributed by atoms with E-state index < -0.39 is 0 Å². The highest BCUT2D eigenvalue weighted by atomic mass is 15.0. The molecule has 0 fully saturated rings. The van der Waals surface area contributed by atoms with Gasteiger partial charge in [-0.25, -0.2) is 15.0 Å². The summed E-state index contributed by atoms with van der Waals surface area (Å²) in [5, 5.41) is 0. The topological polar surface area (TPSA) is 38.7 Å². The molecule has 3 heteroatoms. The minimum Gasteiger partial charge on any atom is -0.208 e. The molecule has 0 saturated carbocycles. The first kappa shape index (κ1) is 31.8. The van der Waals surface area contributed by atoms with Crippen LogP contribution < -0.4 is 0 Å². The maximum atomic E-state index is 4.99. The summed E-state index contributed by atoms with van der Waals surface area (Å²) in [4.78, 5) is 14.9. The molecule has 0 aliphatic rings. The van der Waals surface area contributed by atoms with Gasteiger partial charge in [0.1, 0.15) is 0 Å². The summed E-state index contributed by atoms with van der Waals surface area (Å²) in [6.45, 7) is 4.56. The lowest BCUT2D eigenvalue weighted by molar-refractivity contribution is 0.641. The van der Waals surface area contributed by atoms with Crippen LogP contribution in [0, 0.1) is 0 Å². The molecule has 1 aromatic heterocycles. The molecule has 0 bridgehead atoms. The van der Waals surface area contributed by atoms with Crippen molar-refractivity contribution in [3.05, 3.63) is 199 Å². The summed E-state index contributed by atoms with van der Waals surface area (Å²) < 4.78 is 0. The zero-order valence-corrected chi connectivity index (χ0v) is 28.7. The van der Waals surface area contributed by atoms with Crippen molar-refractivity contribution in [2.75, 3.05) is 0 Å². The van der Waals surface area contributed by atoms with Crippen molar-refractivity contribution in [2.45, 2.75) is 19.3 Å². The minimum atomic E-state index is -0.205. The average molecular weight is 656 g/mol. The Hall–Kier alpha value is -6.45. The molecule has 0 aliphatic carbocycles. The predicted molar refractivity (Wildman–Crippen MR) is 211 cm³/mol. The summed E-state index contributed by atoms with van der Waals surface area (Å²) in [5.74, 6) is 1.95. The Morgan fingerprint density at radius 3 is 1.00 bits per heavy atom. The first-order valence-corrected chi connectivity index (χ1v) is 17.4. The van der Waals surface area contributed by atoms with Gasteiger partial charge in [-0.15, -0.1) is 0 Å². The average Bonchev–Trinajstić information content (AvgIpc) is 3.22. The molecule has 0 atom stereocenters. The fraction of sp³-hybridized carbons (Fsp3) is 0.0625. The third kappa shape index (κ3) is 6.75. The van der Waals surface area contributed by atoms with Gasteiger partial charge in [-0.05, 0) is 50.6 Å². The van der Waals surface area contributed by atoms with Gasteiger partial charge in [0.05, 0.1) is 0 Å². The predicted octanol–water partition coefficient (Wildman–Crippen LogP) is 12.2. The van der Waals surface area contributed by atoms with E-state index in [0.717, 1.165) is 22.3 Å². The van der Waals surface area contributed by atoms with Crippen LogP contribution in [-0.2, 0) is 5.41 Å². The molecule has 7 aromatic carbocycles. The van der Waals surface area contributed by atoms with Crippen LogP contribution in [0.2, 0.25) is 0 Å². The Bertz CT molecular complexity index is 2380. The van der Waals surface area contributed by atoms with Crippen LogP contribution in [0.25, 0.3) is 67.5 Å². The van der Waals surface area contributed by atoms with Crippen molar-refractivity contribution < 1.29 is 0 Å². The van der Waals surface area contributed by atoms with Crippen molar-refractivity contribution in [3.8, 4) is 67.5 Å². The van der Waals surface area contributed by atoms with E-state index in [1.54, 1.807) is 0 Å². The van der Waals surface area contributed by atoms with E-state index >= 15 is 0 Å². The summed E-state index contributed by atoms with van der Waals surface area (Å²) >= 11 is 0. The second-order valence-corrected chi connectivity index (χ2v) is 13.3.